The van der Waals surface area contributed by atoms with Crippen molar-refractivity contribution >= 4 is 32.3 Å². The smallest absolute Gasteiger partial charge is 0.256 e. The maximum absolute atomic E-state index is 14.6. The Bertz CT molecular complexity index is 1450. The number of benzene rings is 2. The zero-order chi connectivity index (χ0) is 23.3. The summed E-state index contributed by atoms with van der Waals surface area (Å²) in [5.41, 5.74) is -0.246. The molecule has 2 aromatic carbocycles. The van der Waals surface area contributed by atoms with E-state index < -0.39 is 28.7 Å². The Kier molecular flexibility index (Phi) is 5.30. The van der Waals surface area contributed by atoms with Gasteiger partial charge in [0, 0.05) is 30.1 Å². The summed E-state index contributed by atoms with van der Waals surface area (Å²) >= 11 is 1.08. The summed E-state index contributed by atoms with van der Waals surface area (Å²) in [5.74, 6) is -2.58. The lowest BCUT2D eigenvalue weighted by Crippen LogP contribution is -2.51. The molecule has 9 heteroatoms. The first kappa shape index (κ1) is 21.4. The van der Waals surface area contributed by atoms with Gasteiger partial charge in [0.2, 0.25) is 0 Å². The molecule has 1 aliphatic rings. The van der Waals surface area contributed by atoms with Crippen LogP contribution in [0.25, 0.3) is 15.9 Å². The number of hydrogen-bond acceptors (Lipinski definition) is 5. The van der Waals surface area contributed by atoms with Gasteiger partial charge in [0.15, 0.2) is 5.78 Å². The molecular formula is C24H18F3N3O2S. The van der Waals surface area contributed by atoms with E-state index in [1.807, 2.05) is 0 Å². The van der Waals surface area contributed by atoms with Crippen LogP contribution in [0.2, 0.25) is 0 Å². The summed E-state index contributed by atoms with van der Waals surface area (Å²) < 4.78 is 44.0. The Hall–Kier alpha value is -3.43. The van der Waals surface area contributed by atoms with Gasteiger partial charge in [-0.3, -0.25) is 14.2 Å². The number of hydrogen-bond donors (Lipinski definition) is 2. The third-order valence-electron chi connectivity index (χ3n) is 5.67. The third kappa shape index (κ3) is 3.63. The normalized spacial score (nSPS) is 13.8. The minimum Gasteiger partial charge on any atom is -0.371 e. The Morgan fingerprint density at radius 2 is 1.79 bits per heavy atom. The fourth-order valence-electron chi connectivity index (χ4n) is 3.83. The molecule has 2 aromatic heterocycles. The zero-order valence-corrected chi connectivity index (χ0v) is 18.2. The van der Waals surface area contributed by atoms with Crippen LogP contribution in [0.1, 0.15) is 21.5 Å². The number of aryl methyl sites for hydroxylation is 1. The molecule has 5 nitrogen and oxygen atoms in total. The minimum absolute atomic E-state index is 0.0601. The highest BCUT2D eigenvalue weighted by atomic mass is 32.1. The lowest BCUT2D eigenvalue weighted by molar-refractivity contribution is 0.104. The molecule has 4 aromatic rings. The van der Waals surface area contributed by atoms with Crippen LogP contribution in [0.15, 0.2) is 53.3 Å². The van der Waals surface area contributed by atoms with Gasteiger partial charge in [-0.25, -0.2) is 13.2 Å². The highest BCUT2D eigenvalue weighted by Crippen LogP contribution is 2.38. The van der Waals surface area contributed by atoms with Crippen LogP contribution < -0.4 is 16.2 Å². The number of thiophene rings is 1. The largest absolute Gasteiger partial charge is 0.371 e. The minimum atomic E-state index is -0.891. The molecule has 1 aliphatic heterocycles. The average Bonchev–Trinajstić information content (AvgIpc) is 3.11. The predicted molar refractivity (Wildman–Crippen MR) is 122 cm³/mol. The molecule has 0 atom stereocenters. The van der Waals surface area contributed by atoms with Crippen molar-refractivity contribution in [3.8, 4) is 5.69 Å². The van der Waals surface area contributed by atoms with Gasteiger partial charge in [-0.2, -0.15) is 0 Å². The number of ketones is 1. The molecule has 5 rings (SSSR count). The van der Waals surface area contributed by atoms with E-state index in [1.165, 1.54) is 36.4 Å². The molecule has 0 unspecified atom stereocenters. The standard InChI is InChI=1S/C24H18F3N3O2S/c1-12-9-13(5-7-16(12)25)22(32)20-15-6-8-19(31)30(21-17(26)3-2-4-18(21)27)24(15)33-23(20)29-14-10-28-11-14/h2-9,14,28-29H,10-11H2,1H3. The van der Waals surface area contributed by atoms with Crippen molar-refractivity contribution in [1.82, 2.24) is 9.88 Å². The van der Waals surface area contributed by atoms with Crippen molar-refractivity contribution in [3.05, 3.63) is 93.0 Å². The molecular weight excluding hydrogens is 451 g/mol. The molecule has 3 heterocycles. The van der Waals surface area contributed by atoms with E-state index in [0.29, 0.717) is 29.0 Å². The van der Waals surface area contributed by atoms with Gasteiger partial charge in [-0.15, -0.1) is 0 Å². The number of carbonyl (C=O) groups excluding carboxylic acids is 1. The summed E-state index contributed by atoms with van der Waals surface area (Å²) in [5, 5.41) is 7.29. The second-order valence-electron chi connectivity index (χ2n) is 7.89. The fraction of sp³-hybridized carbons (Fsp3) is 0.167. The molecule has 0 amide bonds. The third-order valence-corrected chi connectivity index (χ3v) is 6.79. The van der Waals surface area contributed by atoms with Crippen LogP contribution in [-0.2, 0) is 0 Å². The molecule has 0 bridgehead atoms. The second kappa shape index (κ2) is 8.17. The summed E-state index contributed by atoms with van der Waals surface area (Å²) in [6.07, 6.45) is 0. The van der Waals surface area contributed by atoms with Crippen molar-refractivity contribution in [1.29, 1.82) is 0 Å². The highest BCUT2D eigenvalue weighted by Gasteiger charge is 2.27. The van der Waals surface area contributed by atoms with Gasteiger partial charge in [-0.1, -0.05) is 17.4 Å². The SMILES string of the molecule is Cc1cc(C(=O)c2c(NC3CNC3)sc3c2ccc(=O)n3-c2c(F)cccc2F)ccc1F. The van der Waals surface area contributed by atoms with E-state index in [-0.39, 0.29) is 27.8 Å². The number of halogens is 3. The van der Waals surface area contributed by atoms with E-state index in [2.05, 4.69) is 10.6 Å². The van der Waals surface area contributed by atoms with Gasteiger partial charge >= 0.3 is 0 Å². The van der Waals surface area contributed by atoms with Crippen molar-refractivity contribution in [2.45, 2.75) is 13.0 Å². The van der Waals surface area contributed by atoms with Crippen molar-refractivity contribution in [2.75, 3.05) is 18.4 Å². The molecule has 1 saturated heterocycles. The number of fused-ring (bicyclic) bond motifs is 1. The number of carbonyl (C=O) groups is 1. The summed E-state index contributed by atoms with van der Waals surface area (Å²) in [4.78, 5) is 26.5. The maximum Gasteiger partial charge on any atom is 0.256 e. The number of para-hydroxylation sites is 1. The molecule has 168 valence electrons. The van der Waals surface area contributed by atoms with Crippen molar-refractivity contribution in [2.24, 2.45) is 0 Å². The summed E-state index contributed by atoms with van der Waals surface area (Å²) in [7, 11) is 0. The van der Waals surface area contributed by atoms with Crippen LogP contribution in [0.3, 0.4) is 0 Å². The number of nitrogens with zero attached hydrogens (tertiary/aromatic N) is 1. The Labute approximate surface area is 190 Å². The predicted octanol–water partition coefficient (Wildman–Crippen LogP) is 4.39. The van der Waals surface area contributed by atoms with E-state index >= 15 is 0 Å². The molecule has 33 heavy (non-hydrogen) atoms. The molecule has 2 N–H and O–H groups in total. The van der Waals surface area contributed by atoms with Gasteiger partial charge in [-0.05, 0) is 48.9 Å². The van der Waals surface area contributed by atoms with Gasteiger partial charge < -0.3 is 10.6 Å². The first-order valence-corrected chi connectivity index (χ1v) is 11.1. The van der Waals surface area contributed by atoms with E-state index in [0.717, 1.165) is 28.0 Å². The zero-order valence-electron chi connectivity index (χ0n) is 17.4. The van der Waals surface area contributed by atoms with Gasteiger partial charge in [0.25, 0.3) is 5.56 Å². The Morgan fingerprint density at radius 3 is 2.42 bits per heavy atom. The number of aromatic nitrogens is 1. The summed E-state index contributed by atoms with van der Waals surface area (Å²) in [6.45, 7) is 2.94. The van der Waals surface area contributed by atoms with Crippen LogP contribution >= 0.6 is 11.3 Å². The molecule has 0 aliphatic carbocycles. The highest BCUT2D eigenvalue weighted by molar-refractivity contribution is 7.23. The van der Waals surface area contributed by atoms with Crippen molar-refractivity contribution in [3.63, 3.8) is 0 Å². The second-order valence-corrected chi connectivity index (χ2v) is 8.89. The number of nitrogens with one attached hydrogen (secondary N) is 2. The topological polar surface area (TPSA) is 63.1 Å². The first-order valence-electron chi connectivity index (χ1n) is 10.3. The van der Waals surface area contributed by atoms with Crippen LogP contribution in [-0.4, -0.2) is 29.5 Å². The summed E-state index contributed by atoms with van der Waals surface area (Å²) in [6, 6.07) is 10.2. The maximum atomic E-state index is 14.6. The molecule has 0 radical (unpaired) electrons. The lowest BCUT2D eigenvalue weighted by atomic mass is 10.00. The monoisotopic (exact) mass is 469 g/mol. The number of anilines is 1. The fourth-order valence-corrected chi connectivity index (χ4v) is 5.11. The number of rotatable bonds is 5. The molecule has 0 saturated carbocycles. The Balaban J connectivity index is 1.77. The molecule has 0 spiro atoms. The van der Waals surface area contributed by atoms with Gasteiger partial charge in [0.1, 0.15) is 33.0 Å². The van der Waals surface area contributed by atoms with Gasteiger partial charge in [0.05, 0.1) is 11.6 Å². The Morgan fingerprint density at radius 1 is 1.06 bits per heavy atom. The lowest BCUT2D eigenvalue weighted by Gasteiger charge is -2.28. The van der Waals surface area contributed by atoms with Crippen LogP contribution in [0.5, 0.6) is 0 Å². The van der Waals surface area contributed by atoms with Crippen LogP contribution in [0.4, 0.5) is 18.2 Å². The quantitative estimate of drug-likeness (QED) is 0.426. The first-order chi connectivity index (χ1) is 15.8. The van der Waals surface area contributed by atoms with E-state index in [9.17, 15) is 22.8 Å². The van der Waals surface area contributed by atoms with Crippen LogP contribution in [0, 0.1) is 24.4 Å². The van der Waals surface area contributed by atoms with E-state index in [4.69, 9.17) is 0 Å². The average molecular weight is 469 g/mol. The number of pyridine rings is 1. The molecule has 1 fully saturated rings. The van der Waals surface area contributed by atoms with E-state index in [1.54, 1.807) is 6.92 Å². The van der Waals surface area contributed by atoms with Crippen molar-refractivity contribution < 1.29 is 18.0 Å².